The van der Waals surface area contributed by atoms with E-state index in [9.17, 15) is 9.00 Å². The van der Waals surface area contributed by atoms with E-state index in [2.05, 4.69) is 57.3 Å². The van der Waals surface area contributed by atoms with E-state index in [1.807, 2.05) is 24.3 Å². The summed E-state index contributed by atoms with van der Waals surface area (Å²) in [6.07, 6.45) is 2.10. The van der Waals surface area contributed by atoms with Crippen molar-refractivity contribution in [3.8, 4) is 0 Å². The van der Waals surface area contributed by atoms with Crippen molar-refractivity contribution in [1.82, 2.24) is 5.32 Å². The molecule has 0 saturated carbocycles. The van der Waals surface area contributed by atoms with Crippen molar-refractivity contribution in [2.45, 2.75) is 37.1 Å². The van der Waals surface area contributed by atoms with Gasteiger partial charge in [-0.25, -0.2) is 0 Å². The SMILES string of the molecule is CC1Cc2ccccc2N1CCNC(=O)CCCS(=O)c1ccc(Br)cc1. The quantitative estimate of drug-likeness (QED) is 0.665. The molecule has 2 atom stereocenters. The van der Waals surface area contributed by atoms with Gasteiger partial charge < -0.3 is 10.2 Å². The Labute approximate surface area is 171 Å². The Morgan fingerprint density at radius 2 is 1.96 bits per heavy atom. The number of amides is 1. The lowest BCUT2D eigenvalue weighted by Crippen LogP contribution is -2.37. The summed E-state index contributed by atoms with van der Waals surface area (Å²) < 4.78 is 13.2. The number of para-hydroxylation sites is 1. The number of anilines is 1. The number of carbonyl (C=O) groups excluding carboxylic acids is 1. The molecule has 0 fully saturated rings. The average molecular weight is 449 g/mol. The summed E-state index contributed by atoms with van der Waals surface area (Å²) in [7, 11) is -1.05. The maximum Gasteiger partial charge on any atom is 0.220 e. The van der Waals surface area contributed by atoms with Crippen LogP contribution in [0, 0.1) is 0 Å². The van der Waals surface area contributed by atoms with Crippen molar-refractivity contribution in [2.75, 3.05) is 23.7 Å². The van der Waals surface area contributed by atoms with Crippen molar-refractivity contribution in [3.63, 3.8) is 0 Å². The van der Waals surface area contributed by atoms with Gasteiger partial charge in [0.2, 0.25) is 5.91 Å². The predicted octanol–water partition coefficient (Wildman–Crippen LogP) is 3.90. The summed E-state index contributed by atoms with van der Waals surface area (Å²) >= 11 is 3.37. The van der Waals surface area contributed by atoms with E-state index in [0.717, 1.165) is 22.3 Å². The zero-order valence-corrected chi connectivity index (χ0v) is 17.9. The van der Waals surface area contributed by atoms with Gasteiger partial charge in [-0.3, -0.25) is 9.00 Å². The first-order valence-electron chi connectivity index (χ1n) is 9.30. The Kier molecular flexibility index (Phi) is 7.07. The topological polar surface area (TPSA) is 49.4 Å². The zero-order chi connectivity index (χ0) is 19.2. The highest BCUT2D eigenvalue weighted by Gasteiger charge is 2.24. The lowest BCUT2D eigenvalue weighted by Gasteiger charge is -2.25. The molecule has 0 radical (unpaired) electrons. The number of rotatable bonds is 8. The number of fused-ring (bicyclic) bond motifs is 1. The van der Waals surface area contributed by atoms with Crippen LogP contribution in [0.15, 0.2) is 57.9 Å². The molecule has 3 rings (SSSR count). The fourth-order valence-electron chi connectivity index (χ4n) is 3.44. The van der Waals surface area contributed by atoms with Crippen LogP contribution >= 0.6 is 15.9 Å². The molecule has 1 aliphatic heterocycles. The lowest BCUT2D eigenvalue weighted by molar-refractivity contribution is -0.121. The van der Waals surface area contributed by atoms with Crippen LogP contribution in [0.2, 0.25) is 0 Å². The van der Waals surface area contributed by atoms with Gasteiger partial charge in [0.1, 0.15) is 0 Å². The van der Waals surface area contributed by atoms with Crippen LogP contribution in [0.5, 0.6) is 0 Å². The van der Waals surface area contributed by atoms with Gasteiger partial charge in [-0.05, 0) is 55.7 Å². The summed E-state index contributed by atoms with van der Waals surface area (Å²) in [5.41, 5.74) is 2.66. The molecule has 0 aliphatic carbocycles. The molecule has 2 aromatic rings. The third-order valence-electron chi connectivity index (χ3n) is 4.83. The number of nitrogens with one attached hydrogen (secondary N) is 1. The Hall–Kier alpha value is -1.66. The minimum absolute atomic E-state index is 0.0305. The lowest BCUT2D eigenvalue weighted by atomic mass is 10.1. The molecule has 0 saturated heterocycles. The van der Waals surface area contributed by atoms with E-state index in [-0.39, 0.29) is 5.91 Å². The number of hydrogen-bond acceptors (Lipinski definition) is 3. The number of benzene rings is 2. The van der Waals surface area contributed by atoms with Gasteiger partial charge in [-0.2, -0.15) is 0 Å². The molecule has 6 heteroatoms. The summed E-state index contributed by atoms with van der Waals surface area (Å²) in [5.74, 6) is 0.536. The van der Waals surface area contributed by atoms with E-state index < -0.39 is 10.8 Å². The third-order valence-corrected chi connectivity index (χ3v) is 6.82. The Morgan fingerprint density at radius 3 is 2.74 bits per heavy atom. The Bertz CT molecular complexity index is 810. The first kappa shape index (κ1) is 20.1. The van der Waals surface area contributed by atoms with Crippen LogP contribution < -0.4 is 10.2 Å². The van der Waals surface area contributed by atoms with Crippen molar-refractivity contribution < 1.29 is 9.00 Å². The molecule has 1 heterocycles. The molecule has 144 valence electrons. The number of halogens is 1. The van der Waals surface area contributed by atoms with Crippen LogP contribution in [0.1, 0.15) is 25.3 Å². The molecule has 0 spiro atoms. The number of carbonyl (C=O) groups is 1. The molecule has 2 unspecified atom stereocenters. The van der Waals surface area contributed by atoms with E-state index in [4.69, 9.17) is 0 Å². The minimum atomic E-state index is -1.05. The fourth-order valence-corrected chi connectivity index (χ4v) is 4.79. The molecule has 4 nitrogen and oxygen atoms in total. The van der Waals surface area contributed by atoms with Gasteiger partial charge in [0.05, 0.1) is 10.8 Å². The Morgan fingerprint density at radius 1 is 1.22 bits per heavy atom. The molecule has 1 aliphatic rings. The van der Waals surface area contributed by atoms with Crippen LogP contribution in [0.25, 0.3) is 0 Å². The molecule has 2 aromatic carbocycles. The second kappa shape index (κ2) is 9.51. The first-order chi connectivity index (χ1) is 13.0. The van der Waals surface area contributed by atoms with E-state index >= 15 is 0 Å². The summed E-state index contributed by atoms with van der Waals surface area (Å²) in [5, 5.41) is 3.00. The van der Waals surface area contributed by atoms with E-state index in [1.54, 1.807) is 0 Å². The minimum Gasteiger partial charge on any atom is -0.367 e. The van der Waals surface area contributed by atoms with Crippen molar-refractivity contribution in [2.24, 2.45) is 0 Å². The van der Waals surface area contributed by atoms with Crippen molar-refractivity contribution in [1.29, 1.82) is 0 Å². The summed E-state index contributed by atoms with van der Waals surface area (Å²) in [6.45, 7) is 3.67. The van der Waals surface area contributed by atoms with Crippen LogP contribution in [0.4, 0.5) is 5.69 Å². The summed E-state index contributed by atoms with van der Waals surface area (Å²) in [4.78, 5) is 15.2. The van der Waals surface area contributed by atoms with Gasteiger partial charge >= 0.3 is 0 Å². The van der Waals surface area contributed by atoms with Gasteiger partial charge in [0.25, 0.3) is 0 Å². The van der Waals surface area contributed by atoms with Gasteiger partial charge in [-0.1, -0.05) is 34.1 Å². The predicted molar refractivity (Wildman–Crippen MR) is 115 cm³/mol. The van der Waals surface area contributed by atoms with Gasteiger partial charge in [0, 0.05) is 46.4 Å². The van der Waals surface area contributed by atoms with E-state index in [1.165, 1.54) is 11.3 Å². The summed E-state index contributed by atoms with van der Waals surface area (Å²) in [6, 6.07) is 16.4. The standard InChI is InChI=1S/C21H25BrN2O2S/c1-16-15-17-5-2-3-6-20(17)24(16)13-12-23-21(25)7-4-14-27(26)19-10-8-18(22)9-11-19/h2-3,5-6,8-11,16H,4,7,12-15H2,1H3,(H,23,25). The van der Waals surface area contributed by atoms with Gasteiger partial charge in [0.15, 0.2) is 0 Å². The Balaban J connectivity index is 1.37. The van der Waals surface area contributed by atoms with Gasteiger partial charge in [-0.15, -0.1) is 0 Å². The van der Waals surface area contributed by atoms with Crippen molar-refractivity contribution >= 4 is 38.3 Å². The molecular weight excluding hydrogens is 424 g/mol. The maximum absolute atomic E-state index is 12.2. The second-order valence-electron chi connectivity index (χ2n) is 6.83. The van der Waals surface area contributed by atoms with E-state index in [0.29, 0.717) is 31.2 Å². The molecule has 27 heavy (non-hydrogen) atoms. The second-order valence-corrected chi connectivity index (χ2v) is 9.32. The third kappa shape index (κ3) is 5.42. The van der Waals surface area contributed by atoms with Crippen LogP contribution in [0.3, 0.4) is 0 Å². The molecule has 0 aromatic heterocycles. The normalized spacial score (nSPS) is 16.8. The van der Waals surface area contributed by atoms with Crippen LogP contribution in [-0.2, 0) is 22.0 Å². The fraction of sp³-hybridized carbons (Fsp3) is 0.381. The molecule has 0 bridgehead atoms. The monoisotopic (exact) mass is 448 g/mol. The molecule has 1 amide bonds. The highest BCUT2D eigenvalue weighted by molar-refractivity contribution is 9.10. The molecular formula is C21H25BrN2O2S. The highest BCUT2D eigenvalue weighted by atomic mass is 79.9. The van der Waals surface area contributed by atoms with Crippen molar-refractivity contribution in [3.05, 3.63) is 58.6 Å². The maximum atomic E-state index is 12.2. The van der Waals surface area contributed by atoms with Crippen LogP contribution in [-0.4, -0.2) is 35.0 Å². The highest BCUT2D eigenvalue weighted by Crippen LogP contribution is 2.31. The smallest absolute Gasteiger partial charge is 0.220 e. The zero-order valence-electron chi connectivity index (χ0n) is 15.5. The molecule has 1 N–H and O–H groups in total. The number of hydrogen-bond donors (Lipinski definition) is 1. The average Bonchev–Trinajstić information content (AvgIpc) is 2.98. The largest absolute Gasteiger partial charge is 0.367 e. The number of nitrogens with zero attached hydrogens (tertiary/aromatic N) is 1. The first-order valence-corrected chi connectivity index (χ1v) is 11.4.